The lowest BCUT2D eigenvalue weighted by molar-refractivity contribution is 0.423. The molecule has 0 aliphatic heterocycles. The number of nitrogens with zero attached hydrogens (tertiary/aromatic N) is 2. The second-order valence-electron chi connectivity index (χ2n) is 2.98. The summed E-state index contributed by atoms with van der Waals surface area (Å²) in [5.41, 5.74) is 0.863. The first-order valence-corrected chi connectivity index (χ1v) is 5.29. The monoisotopic (exact) mass is 256 g/mol. The Morgan fingerprint density at radius 3 is 2.71 bits per heavy atom. The summed E-state index contributed by atoms with van der Waals surface area (Å²) in [4.78, 5) is 4.19. The van der Waals surface area contributed by atoms with E-state index in [0.717, 1.165) is 17.1 Å². The molecule has 0 aliphatic carbocycles. The van der Waals surface area contributed by atoms with E-state index in [-0.39, 0.29) is 0 Å². The van der Waals surface area contributed by atoms with E-state index < -0.39 is 0 Å². The molecule has 0 unspecified atom stereocenters. The average molecular weight is 257 g/mol. The van der Waals surface area contributed by atoms with Crippen molar-refractivity contribution in [3.8, 4) is 11.5 Å². The molecule has 2 aromatic heterocycles. The molecular formula is C9H9BrN2O2. The number of aromatic nitrogens is 2. The lowest BCUT2D eigenvalue weighted by atomic mass is 10.2. The van der Waals surface area contributed by atoms with E-state index >= 15 is 0 Å². The van der Waals surface area contributed by atoms with E-state index in [2.05, 4.69) is 26.1 Å². The lowest BCUT2D eigenvalue weighted by Gasteiger charge is -1.87. The average Bonchev–Trinajstić information content (AvgIpc) is 2.71. The third-order valence-corrected chi connectivity index (χ3v) is 2.36. The minimum atomic E-state index is 0.508. The summed E-state index contributed by atoms with van der Waals surface area (Å²) < 4.78 is 10.5. The van der Waals surface area contributed by atoms with Gasteiger partial charge in [-0.1, -0.05) is 21.1 Å². The van der Waals surface area contributed by atoms with Crippen molar-refractivity contribution in [3.63, 3.8) is 0 Å². The molecule has 2 aromatic rings. The molecule has 0 aromatic carbocycles. The molecule has 0 N–H and O–H groups in total. The number of hydrogen-bond acceptors (Lipinski definition) is 4. The molecule has 0 aliphatic rings. The number of aryl methyl sites for hydroxylation is 2. The molecule has 14 heavy (non-hydrogen) atoms. The van der Waals surface area contributed by atoms with Crippen LogP contribution in [0, 0.1) is 13.8 Å². The standard InChI is InChI=1S/C9H9BrN2O2/c1-5-3-7(6(2)13-5)9-11-8(4-10)12-14-9/h3H,4H2,1-2H3. The summed E-state index contributed by atoms with van der Waals surface area (Å²) in [6.07, 6.45) is 0. The fraction of sp³-hybridized carbons (Fsp3) is 0.333. The summed E-state index contributed by atoms with van der Waals surface area (Å²) >= 11 is 3.26. The molecule has 2 rings (SSSR count). The molecule has 0 bridgehead atoms. The van der Waals surface area contributed by atoms with Crippen LogP contribution in [0.5, 0.6) is 0 Å². The quantitative estimate of drug-likeness (QED) is 0.776. The molecule has 0 spiro atoms. The fourth-order valence-corrected chi connectivity index (χ4v) is 1.49. The van der Waals surface area contributed by atoms with Gasteiger partial charge >= 0.3 is 0 Å². The Morgan fingerprint density at radius 2 is 2.21 bits per heavy atom. The van der Waals surface area contributed by atoms with Crippen molar-refractivity contribution < 1.29 is 8.94 Å². The summed E-state index contributed by atoms with van der Waals surface area (Å²) in [7, 11) is 0. The topological polar surface area (TPSA) is 52.1 Å². The molecule has 2 heterocycles. The minimum absolute atomic E-state index is 0.508. The van der Waals surface area contributed by atoms with Gasteiger partial charge in [0, 0.05) is 0 Å². The Kier molecular flexibility index (Phi) is 2.41. The highest BCUT2D eigenvalue weighted by Gasteiger charge is 2.13. The lowest BCUT2D eigenvalue weighted by Crippen LogP contribution is -1.80. The van der Waals surface area contributed by atoms with Crippen LogP contribution in [0.15, 0.2) is 15.0 Å². The van der Waals surface area contributed by atoms with Crippen LogP contribution in [-0.4, -0.2) is 10.1 Å². The van der Waals surface area contributed by atoms with Gasteiger partial charge in [-0.2, -0.15) is 4.98 Å². The van der Waals surface area contributed by atoms with Gasteiger partial charge in [0.05, 0.1) is 10.9 Å². The number of rotatable bonds is 2. The summed E-state index contributed by atoms with van der Waals surface area (Å²) in [5, 5.41) is 4.38. The SMILES string of the molecule is Cc1cc(-c2nc(CBr)no2)c(C)o1. The first-order chi connectivity index (χ1) is 6.70. The Hall–Kier alpha value is -1.10. The Balaban J connectivity index is 2.43. The van der Waals surface area contributed by atoms with E-state index in [4.69, 9.17) is 8.94 Å². The van der Waals surface area contributed by atoms with E-state index in [1.54, 1.807) is 0 Å². The fourth-order valence-electron chi connectivity index (χ4n) is 1.26. The zero-order valence-corrected chi connectivity index (χ0v) is 9.46. The Labute approximate surface area is 89.4 Å². The van der Waals surface area contributed by atoms with E-state index in [9.17, 15) is 0 Å². The summed E-state index contributed by atoms with van der Waals surface area (Å²) in [5.74, 6) is 2.79. The third-order valence-electron chi connectivity index (χ3n) is 1.86. The number of furan rings is 1. The van der Waals surface area contributed by atoms with Crippen LogP contribution in [0.25, 0.3) is 11.5 Å². The number of alkyl halides is 1. The van der Waals surface area contributed by atoms with Gasteiger partial charge in [-0.15, -0.1) is 0 Å². The molecule has 74 valence electrons. The van der Waals surface area contributed by atoms with Gasteiger partial charge < -0.3 is 8.94 Å². The Morgan fingerprint density at radius 1 is 1.43 bits per heavy atom. The van der Waals surface area contributed by atoms with Gasteiger partial charge in [0.1, 0.15) is 11.5 Å². The van der Waals surface area contributed by atoms with Crippen LogP contribution in [-0.2, 0) is 5.33 Å². The van der Waals surface area contributed by atoms with Crippen LogP contribution < -0.4 is 0 Å². The van der Waals surface area contributed by atoms with Gasteiger partial charge in [-0.25, -0.2) is 0 Å². The van der Waals surface area contributed by atoms with Crippen molar-refractivity contribution >= 4 is 15.9 Å². The van der Waals surface area contributed by atoms with Crippen molar-refractivity contribution in [2.45, 2.75) is 19.2 Å². The van der Waals surface area contributed by atoms with Crippen LogP contribution in [0.3, 0.4) is 0 Å². The number of hydrogen-bond donors (Lipinski definition) is 0. The Bertz CT molecular complexity index is 447. The highest BCUT2D eigenvalue weighted by molar-refractivity contribution is 9.08. The van der Waals surface area contributed by atoms with Gasteiger partial charge in [0.2, 0.25) is 0 Å². The van der Waals surface area contributed by atoms with Gasteiger partial charge in [-0.05, 0) is 19.9 Å². The molecule has 0 radical (unpaired) electrons. The van der Waals surface area contributed by atoms with Gasteiger partial charge in [-0.3, -0.25) is 0 Å². The first kappa shape index (κ1) is 9.45. The maximum Gasteiger partial charge on any atom is 0.261 e. The molecule has 0 atom stereocenters. The number of halogens is 1. The van der Waals surface area contributed by atoms with Crippen molar-refractivity contribution in [2.24, 2.45) is 0 Å². The smallest absolute Gasteiger partial charge is 0.261 e. The van der Waals surface area contributed by atoms with Gasteiger partial charge in [0.15, 0.2) is 5.82 Å². The van der Waals surface area contributed by atoms with E-state index in [0.29, 0.717) is 17.0 Å². The molecule has 0 saturated heterocycles. The zero-order valence-electron chi connectivity index (χ0n) is 7.87. The molecular weight excluding hydrogens is 248 g/mol. The van der Waals surface area contributed by atoms with Crippen molar-refractivity contribution in [1.82, 2.24) is 10.1 Å². The summed E-state index contributed by atoms with van der Waals surface area (Å²) in [6, 6.07) is 1.89. The molecule has 0 amide bonds. The minimum Gasteiger partial charge on any atom is -0.466 e. The predicted molar refractivity (Wildman–Crippen MR) is 54.1 cm³/mol. The van der Waals surface area contributed by atoms with Crippen LogP contribution in [0.4, 0.5) is 0 Å². The second kappa shape index (κ2) is 3.57. The maximum atomic E-state index is 5.37. The third kappa shape index (κ3) is 1.59. The first-order valence-electron chi connectivity index (χ1n) is 4.16. The molecule has 4 nitrogen and oxygen atoms in total. The van der Waals surface area contributed by atoms with Crippen molar-refractivity contribution in [3.05, 3.63) is 23.4 Å². The van der Waals surface area contributed by atoms with E-state index in [1.165, 1.54) is 0 Å². The van der Waals surface area contributed by atoms with Crippen LogP contribution in [0.1, 0.15) is 17.3 Å². The zero-order chi connectivity index (χ0) is 10.1. The normalized spacial score (nSPS) is 10.8. The van der Waals surface area contributed by atoms with Gasteiger partial charge in [0.25, 0.3) is 5.89 Å². The van der Waals surface area contributed by atoms with Crippen LogP contribution >= 0.6 is 15.9 Å². The highest BCUT2D eigenvalue weighted by Crippen LogP contribution is 2.25. The highest BCUT2D eigenvalue weighted by atomic mass is 79.9. The molecule has 0 saturated carbocycles. The molecule has 0 fully saturated rings. The molecule has 5 heteroatoms. The van der Waals surface area contributed by atoms with E-state index in [1.807, 2.05) is 19.9 Å². The predicted octanol–water partition coefficient (Wildman–Crippen LogP) is 2.84. The maximum absolute atomic E-state index is 5.37. The van der Waals surface area contributed by atoms with Crippen molar-refractivity contribution in [2.75, 3.05) is 0 Å². The second-order valence-corrected chi connectivity index (χ2v) is 3.54. The van der Waals surface area contributed by atoms with Crippen molar-refractivity contribution in [1.29, 1.82) is 0 Å². The largest absolute Gasteiger partial charge is 0.466 e. The summed E-state index contributed by atoms with van der Waals surface area (Å²) in [6.45, 7) is 3.76. The van der Waals surface area contributed by atoms with Crippen LogP contribution in [0.2, 0.25) is 0 Å².